The van der Waals surface area contributed by atoms with Gasteiger partial charge in [-0.25, -0.2) is 4.98 Å². The zero-order chi connectivity index (χ0) is 19.1. The summed E-state index contributed by atoms with van der Waals surface area (Å²) < 4.78 is 17.1. The van der Waals surface area contributed by atoms with Crippen molar-refractivity contribution in [2.45, 2.75) is 27.2 Å². The van der Waals surface area contributed by atoms with Crippen molar-refractivity contribution >= 4 is 32.5 Å². The van der Waals surface area contributed by atoms with Crippen LogP contribution in [0.5, 0.6) is 5.75 Å². The van der Waals surface area contributed by atoms with Crippen LogP contribution in [0, 0.1) is 6.92 Å². The maximum atomic E-state index is 11.7. The molecule has 0 atom stereocenters. The molecular weight excluding hydrogens is 398 g/mol. The van der Waals surface area contributed by atoms with Crippen LogP contribution in [-0.4, -0.2) is 24.2 Å². The number of aryl methyl sites for hydroxylation is 1. The predicted octanol–water partition coefficient (Wildman–Crippen LogP) is 4.94. The molecule has 0 aliphatic rings. The van der Waals surface area contributed by atoms with Gasteiger partial charge in [-0.2, -0.15) is 0 Å². The topological polar surface area (TPSA) is 61.6 Å². The van der Waals surface area contributed by atoms with Crippen LogP contribution in [-0.2, 0) is 16.0 Å². The highest BCUT2D eigenvalue weighted by Crippen LogP contribution is 2.26. The molecule has 6 heteroatoms. The average Bonchev–Trinajstić information content (AvgIpc) is 2.95. The van der Waals surface area contributed by atoms with Crippen LogP contribution in [0.4, 0.5) is 0 Å². The Hall–Kier alpha value is -2.34. The fourth-order valence-electron chi connectivity index (χ4n) is 2.36. The van der Waals surface area contributed by atoms with Gasteiger partial charge >= 0.3 is 5.97 Å². The molecule has 1 heterocycles. The first-order chi connectivity index (χ1) is 12.4. The van der Waals surface area contributed by atoms with Crippen LogP contribution in [0.25, 0.3) is 10.6 Å². The first-order valence-electron chi connectivity index (χ1n) is 8.26. The highest BCUT2D eigenvalue weighted by Gasteiger charge is 2.12. The van der Waals surface area contributed by atoms with Crippen molar-refractivity contribution in [1.29, 1.82) is 0 Å². The number of nitrogens with zero attached hydrogens (tertiary/aromatic N) is 1. The minimum absolute atomic E-state index is 0.183. The number of hydrogen-bond acceptors (Lipinski definition) is 5. The summed E-state index contributed by atoms with van der Waals surface area (Å²) in [5.41, 5.74) is 2.45. The Kier molecular flexibility index (Phi) is 7.21. The van der Waals surface area contributed by atoms with Crippen LogP contribution >= 0.6 is 15.9 Å². The van der Waals surface area contributed by atoms with Gasteiger partial charge in [-0.05, 0) is 47.5 Å². The second-order valence-electron chi connectivity index (χ2n) is 5.72. The molecule has 0 saturated heterocycles. The minimum Gasteiger partial charge on any atom is -0.489 e. The van der Waals surface area contributed by atoms with E-state index in [4.69, 9.17) is 13.9 Å². The normalized spacial score (nSPS) is 11.3. The van der Waals surface area contributed by atoms with E-state index in [1.54, 1.807) is 13.8 Å². The Morgan fingerprint density at radius 3 is 2.81 bits per heavy atom. The van der Waals surface area contributed by atoms with Gasteiger partial charge in [0, 0.05) is 12.5 Å². The Labute approximate surface area is 161 Å². The quantitative estimate of drug-likeness (QED) is 0.567. The standard InChI is InChI=1S/C20H22BrNO4/c1-5-24-19(23)11-16-8-6-7-9-18(16)25-12-13(2)10-17-20(14(3)21)26-15(4)22-17/h6-10H,3,5,11-12H2,1-2,4H3/b13-10+. The van der Waals surface area contributed by atoms with Crippen LogP contribution in [0.3, 0.4) is 0 Å². The van der Waals surface area contributed by atoms with Crippen LogP contribution < -0.4 is 4.74 Å². The molecule has 0 unspecified atom stereocenters. The lowest BCUT2D eigenvalue weighted by atomic mass is 10.1. The van der Waals surface area contributed by atoms with E-state index < -0.39 is 0 Å². The third-order valence-corrected chi connectivity index (χ3v) is 3.82. The molecule has 26 heavy (non-hydrogen) atoms. The molecule has 0 radical (unpaired) electrons. The van der Waals surface area contributed by atoms with E-state index in [0.717, 1.165) is 11.1 Å². The zero-order valence-electron chi connectivity index (χ0n) is 15.2. The first-order valence-corrected chi connectivity index (χ1v) is 9.05. The molecule has 0 fully saturated rings. The lowest BCUT2D eigenvalue weighted by molar-refractivity contribution is -0.142. The molecule has 0 aliphatic carbocycles. The molecule has 5 nitrogen and oxygen atoms in total. The highest BCUT2D eigenvalue weighted by atomic mass is 79.9. The van der Waals surface area contributed by atoms with E-state index in [-0.39, 0.29) is 12.4 Å². The van der Waals surface area contributed by atoms with Crippen molar-refractivity contribution in [2.24, 2.45) is 0 Å². The third kappa shape index (κ3) is 5.59. The number of carbonyl (C=O) groups excluding carboxylic acids is 1. The van der Waals surface area contributed by atoms with Gasteiger partial charge in [0.15, 0.2) is 11.7 Å². The van der Waals surface area contributed by atoms with Crippen LogP contribution in [0.1, 0.15) is 36.8 Å². The van der Waals surface area contributed by atoms with E-state index in [0.29, 0.717) is 40.8 Å². The lowest BCUT2D eigenvalue weighted by Gasteiger charge is -2.11. The zero-order valence-corrected chi connectivity index (χ0v) is 16.8. The van der Waals surface area contributed by atoms with E-state index >= 15 is 0 Å². The summed E-state index contributed by atoms with van der Waals surface area (Å²) >= 11 is 3.32. The van der Waals surface area contributed by atoms with Crippen molar-refractivity contribution in [2.75, 3.05) is 13.2 Å². The van der Waals surface area contributed by atoms with Crippen molar-refractivity contribution in [3.63, 3.8) is 0 Å². The Morgan fingerprint density at radius 2 is 2.12 bits per heavy atom. The molecule has 0 aliphatic heterocycles. The first kappa shape index (κ1) is 20.0. The molecule has 0 spiro atoms. The van der Waals surface area contributed by atoms with Gasteiger partial charge in [0.2, 0.25) is 0 Å². The van der Waals surface area contributed by atoms with Crippen molar-refractivity contribution in [1.82, 2.24) is 4.98 Å². The second-order valence-corrected chi connectivity index (χ2v) is 6.68. The largest absolute Gasteiger partial charge is 0.489 e. The van der Waals surface area contributed by atoms with Gasteiger partial charge in [-0.1, -0.05) is 24.8 Å². The van der Waals surface area contributed by atoms with Crippen molar-refractivity contribution < 1.29 is 18.7 Å². The van der Waals surface area contributed by atoms with Gasteiger partial charge < -0.3 is 13.9 Å². The third-order valence-electron chi connectivity index (χ3n) is 3.46. The minimum atomic E-state index is -0.269. The number of benzene rings is 1. The van der Waals surface area contributed by atoms with E-state index in [1.807, 2.05) is 37.3 Å². The molecule has 1 aromatic carbocycles. The summed E-state index contributed by atoms with van der Waals surface area (Å²) in [5, 5.41) is 0. The smallest absolute Gasteiger partial charge is 0.310 e. The predicted molar refractivity (Wildman–Crippen MR) is 105 cm³/mol. The SMILES string of the molecule is C=C(Br)c1oc(C)nc1/C=C(\C)COc1ccccc1CC(=O)OCC. The monoisotopic (exact) mass is 419 g/mol. The highest BCUT2D eigenvalue weighted by molar-refractivity contribution is 9.15. The molecule has 1 aromatic heterocycles. The van der Waals surface area contributed by atoms with E-state index in [9.17, 15) is 4.79 Å². The fraction of sp³-hybridized carbons (Fsp3) is 0.300. The van der Waals surface area contributed by atoms with Crippen LogP contribution in [0.2, 0.25) is 0 Å². The number of para-hydroxylation sites is 1. The maximum Gasteiger partial charge on any atom is 0.310 e. The maximum absolute atomic E-state index is 11.7. The summed E-state index contributed by atoms with van der Waals surface area (Å²) in [6, 6.07) is 7.44. The number of aromatic nitrogens is 1. The average molecular weight is 420 g/mol. The number of carbonyl (C=O) groups is 1. The Balaban J connectivity index is 2.09. The van der Waals surface area contributed by atoms with Gasteiger partial charge in [0.05, 0.1) is 17.5 Å². The molecule has 2 aromatic rings. The molecule has 0 saturated carbocycles. The Morgan fingerprint density at radius 1 is 1.38 bits per heavy atom. The van der Waals surface area contributed by atoms with Crippen molar-refractivity contribution in [3.8, 4) is 5.75 Å². The molecule has 138 valence electrons. The van der Waals surface area contributed by atoms with E-state index in [2.05, 4.69) is 27.5 Å². The summed E-state index contributed by atoms with van der Waals surface area (Å²) in [4.78, 5) is 16.1. The summed E-state index contributed by atoms with van der Waals surface area (Å²) in [5.74, 6) is 1.56. The molecular formula is C20H22BrNO4. The molecule has 0 bridgehead atoms. The summed E-state index contributed by atoms with van der Waals surface area (Å²) in [6.07, 6.45) is 2.08. The number of esters is 1. The van der Waals surface area contributed by atoms with Gasteiger partial charge in [0.25, 0.3) is 0 Å². The molecule has 0 amide bonds. The number of rotatable bonds is 8. The van der Waals surface area contributed by atoms with Gasteiger partial charge in [-0.15, -0.1) is 0 Å². The number of oxazole rings is 1. The van der Waals surface area contributed by atoms with Crippen LogP contribution in [0.15, 0.2) is 40.8 Å². The Bertz CT molecular complexity index is 823. The van der Waals surface area contributed by atoms with Gasteiger partial charge in [0.1, 0.15) is 18.1 Å². The van der Waals surface area contributed by atoms with Crippen molar-refractivity contribution in [3.05, 3.63) is 59.3 Å². The lowest BCUT2D eigenvalue weighted by Crippen LogP contribution is -2.09. The second kappa shape index (κ2) is 9.38. The molecule has 2 rings (SSSR count). The number of halogens is 1. The van der Waals surface area contributed by atoms with Gasteiger partial charge in [-0.3, -0.25) is 4.79 Å². The number of ether oxygens (including phenoxy) is 2. The fourth-order valence-corrected chi connectivity index (χ4v) is 2.64. The number of hydrogen-bond donors (Lipinski definition) is 0. The summed E-state index contributed by atoms with van der Waals surface area (Å²) in [6.45, 7) is 10.1. The summed E-state index contributed by atoms with van der Waals surface area (Å²) in [7, 11) is 0. The molecule has 0 N–H and O–H groups in total. The van der Waals surface area contributed by atoms with E-state index in [1.165, 1.54) is 0 Å².